The van der Waals surface area contributed by atoms with Crippen LogP contribution in [0.5, 0.6) is 0 Å². The van der Waals surface area contributed by atoms with Crippen LogP contribution in [0.25, 0.3) is 0 Å². The maximum atomic E-state index is 11.7. The summed E-state index contributed by atoms with van der Waals surface area (Å²) in [5, 5.41) is 0.743. The van der Waals surface area contributed by atoms with E-state index < -0.39 is 0 Å². The van der Waals surface area contributed by atoms with Gasteiger partial charge in [-0.2, -0.15) is 0 Å². The molecule has 1 heterocycles. The summed E-state index contributed by atoms with van der Waals surface area (Å²) < 4.78 is 0. The lowest BCUT2D eigenvalue weighted by Gasteiger charge is -2.16. The van der Waals surface area contributed by atoms with Gasteiger partial charge in [0, 0.05) is 17.8 Å². The largest absolute Gasteiger partial charge is 0.320 e. The van der Waals surface area contributed by atoms with Gasteiger partial charge >= 0.3 is 0 Å². The SMILES string of the molecule is Cc1cc(C(N)c2ccc3c(c2)CC(=O)N3C)ccc1Cl. The van der Waals surface area contributed by atoms with E-state index in [1.807, 2.05) is 43.3 Å². The van der Waals surface area contributed by atoms with Crippen molar-refractivity contribution in [3.8, 4) is 0 Å². The lowest BCUT2D eigenvalue weighted by Crippen LogP contribution is -2.20. The molecule has 1 aliphatic heterocycles. The van der Waals surface area contributed by atoms with E-state index in [9.17, 15) is 4.79 Å². The number of rotatable bonds is 2. The number of amides is 1. The van der Waals surface area contributed by atoms with Crippen molar-refractivity contribution >= 4 is 23.2 Å². The molecule has 0 spiro atoms. The minimum absolute atomic E-state index is 0.123. The summed E-state index contributed by atoms with van der Waals surface area (Å²) in [5.41, 5.74) is 11.4. The third-order valence-electron chi connectivity index (χ3n) is 4.08. The first-order valence-corrected chi connectivity index (χ1v) is 7.26. The highest BCUT2D eigenvalue weighted by molar-refractivity contribution is 6.31. The average Bonchev–Trinajstić information content (AvgIpc) is 2.76. The first-order chi connectivity index (χ1) is 9.97. The van der Waals surface area contributed by atoms with Gasteiger partial charge < -0.3 is 10.6 Å². The minimum Gasteiger partial charge on any atom is -0.320 e. The van der Waals surface area contributed by atoms with Crippen LogP contribution in [0.2, 0.25) is 5.02 Å². The third kappa shape index (κ3) is 2.43. The van der Waals surface area contributed by atoms with Gasteiger partial charge in [-0.1, -0.05) is 35.9 Å². The summed E-state index contributed by atoms with van der Waals surface area (Å²) in [6, 6.07) is 11.6. The van der Waals surface area contributed by atoms with Gasteiger partial charge in [-0.25, -0.2) is 0 Å². The van der Waals surface area contributed by atoms with Gasteiger partial charge in [-0.3, -0.25) is 4.79 Å². The third-order valence-corrected chi connectivity index (χ3v) is 4.50. The van der Waals surface area contributed by atoms with Gasteiger partial charge in [0.15, 0.2) is 0 Å². The van der Waals surface area contributed by atoms with Crippen LogP contribution >= 0.6 is 11.6 Å². The number of nitrogens with zero attached hydrogens (tertiary/aromatic N) is 1. The molecule has 3 nitrogen and oxygen atoms in total. The van der Waals surface area contributed by atoms with Gasteiger partial charge in [0.2, 0.25) is 5.91 Å². The van der Waals surface area contributed by atoms with Gasteiger partial charge in [-0.15, -0.1) is 0 Å². The molecule has 0 aliphatic carbocycles. The molecule has 1 aliphatic rings. The van der Waals surface area contributed by atoms with Gasteiger partial charge in [0.1, 0.15) is 0 Å². The second-order valence-electron chi connectivity index (χ2n) is 5.50. The molecular weight excluding hydrogens is 284 g/mol. The van der Waals surface area contributed by atoms with Crippen molar-refractivity contribution in [2.45, 2.75) is 19.4 Å². The Morgan fingerprint density at radius 1 is 1.19 bits per heavy atom. The van der Waals surface area contributed by atoms with Gasteiger partial charge in [0.25, 0.3) is 0 Å². The second kappa shape index (κ2) is 5.17. The predicted octanol–water partition coefficient (Wildman–Crippen LogP) is 3.22. The number of hydrogen-bond acceptors (Lipinski definition) is 2. The monoisotopic (exact) mass is 300 g/mol. The molecule has 1 amide bonds. The van der Waals surface area contributed by atoms with Crippen molar-refractivity contribution in [2.75, 3.05) is 11.9 Å². The zero-order valence-corrected chi connectivity index (χ0v) is 12.8. The molecule has 2 aromatic carbocycles. The maximum absolute atomic E-state index is 11.7. The molecule has 1 atom stereocenters. The molecule has 1 unspecified atom stereocenters. The van der Waals surface area contributed by atoms with Crippen LogP contribution in [-0.4, -0.2) is 13.0 Å². The first kappa shape index (κ1) is 14.1. The minimum atomic E-state index is -0.215. The fourth-order valence-electron chi connectivity index (χ4n) is 2.74. The number of hydrogen-bond donors (Lipinski definition) is 1. The smallest absolute Gasteiger partial charge is 0.231 e. The van der Waals surface area contributed by atoms with Crippen LogP contribution < -0.4 is 10.6 Å². The standard InChI is InChI=1S/C17H17ClN2O/c1-10-7-11(3-5-14(10)18)17(19)12-4-6-15-13(8-12)9-16(21)20(15)2/h3-8,17H,9,19H2,1-2H3. The van der Waals surface area contributed by atoms with E-state index in [-0.39, 0.29) is 11.9 Å². The number of aryl methyl sites for hydroxylation is 1. The number of halogens is 1. The Morgan fingerprint density at radius 3 is 2.57 bits per heavy atom. The Balaban J connectivity index is 1.96. The number of benzene rings is 2. The molecule has 2 N–H and O–H groups in total. The summed E-state index contributed by atoms with van der Waals surface area (Å²) in [6.45, 7) is 1.97. The Kier molecular flexibility index (Phi) is 3.47. The van der Waals surface area contributed by atoms with Crippen LogP contribution in [0.3, 0.4) is 0 Å². The van der Waals surface area contributed by atoms with E-state index >= 15 is 0 Å². The van der Waals surface area contributed by atoms with Crippen LogP contribution in [-0.2, 0) is 11.2 Å². The average molecular weight is 301 g/mol. The molecule has 21 heavy (non-hydrogen) atoms. The van der Waals surface area contributed by atoms with Crippen molar-refractivity contribution in [1.29, 1.82) is 0 Å². The zero-order chi connectivity index (χ0) is 15.1. The van der Waals surface area contributed by atoms with Crippen molar-refractivity contribution in [1.82, 2.24) is 0 Å². The van der Waals surface area contributed by atoms with Crippen LogP contribution in [0.15, 0.2) is 36.4 Å². The number of carbonyl (C=O) groups excluding carboxylic acids is 1. The second-order valence-corrected chi connectivity index (χ2v) is 5.91. The first-order valence-electron chi connectivity index (χ1n) is 6.88. The molecule has 4 heteroatoms. The van der Waals surface area contributed by atoms with Crippen LogP contribution in [0.4, 0.5) is 5.69 Å². The molecule has 108 valence electrons. The molecular formula is C17H17ClN2O. The summed E-state index contributed by atoms with van der Waals surface area (Å²) in [6.07, 6.45) is 0.450. The maximum Gasteiger partial charge on any atom is 0.231 e. The Bertz CT molecular complexity index is 727. The number of likely N-dealkylation sites (N-methyl/N-ethyl adjacent to an activating group) is 1. The summed E-state index contributed by atoms with van der Waals surface area (Å²) in [7, 11) is 1.80. The van der Waals surface area contributed by atoms with Crippen LogP contribution in [0, 0.1) is 6.92 Å². The normalized spacial score (nSPS) is 15.2. The summed E-state index contributed by atoms with van der Waals surface area (Å²) in [5.74, 6) is 0.123. The van der Waals surface area contributed by atoms with E-state index in [1.54, 1.807) is 11.9 Å². The van der Waals surface area contributed by atoms with Crippen molar-refractivity contribution in [3.05, 3.63) is 63.7 Å². The summed E-state index contributed by atoms with van der Waals surface area (Å²) >= 11 is 6.06. The van der Waals surface area contributed by atoms with Crippen LogP contribution in [0.1, 0.15) is 28.3 Å². The Hall–Kier alpha value is -1.84. The fraction of sp³-hybridized carbons (Fsp3) is 0.235. The van der Waals surface area contributed by atoms with Gasteiger partial charge in [-0.05, 0) is 41.3 Å². The Morgan fingerprint density at radius 2 is 1.86 bits per heavy atom. The van der Waals surface area contributed by atoms with E-state index in [0.29, 0.717) is 6.42 Å². The highest BCUT2D eigenvalue weighted by Gasteiger charge is 2.24. The number of carbonyl (C=O) groups is 1. The number of fused-ring (bicyclic) bond motifs is 1. The topological polar surface area (TPSA) is 46.3 Å². The quantitative estimate of drug-likeness (QED) is 0.925. The molecule has 0 fully saturated rings. The lowest BCUT2D eigenvalue weighted by molar-refractivity contribution is -0.117. The zero-order valence-electron chi connectivity index (χ0n) is 12.1. The van der Waals surface area contributed by atoms with E-state index in [0.717, 1.165) is 33.0 Å². The molecule has 3 rings (SSSR count). The van der Waals surface area contributed by atoms with E-state index in [2.05, 4.69) is 0 Å². The van der Waals surface area contributed by atoms with Crippen molar-refractivity contribution in [2.24, 2.45) is 5.73 Å². The molecule has 0 aromatic heterocycles. The highest BCUT2D eigenvalue weighted by atomic mass is 35.5. The molecule has 0 radical (unpaired) electrons. The van der Waals surface area contributed by atoms with E-state index in [4.69, 9.17) is 17.3 Å². The predicted molar refractivity (Wildman–Crippen MR) is 85.8 cm³/mol. The molecule has 2 aromatic rings. The van der Waals surface area contributed by atoms with Crippen molar-refractivity contribution in [3.63, 3.8) is 0 Å². The number of nitrogens with two attached hydrogens (primary N) is 1. The molecule has 0 bridgehead atoms. The van der Waals surface area contributed by atoms with E-state index in [1.165, 1.54) is 0 Å². The molecule has 0 saturated heterocycles. The molecule has 0 saturated carbocycles. The lowest BCUT2D eigenvalue weighted by atomic mass is 9.96. The fourth-order valence-corrected chi connectivity index (χ4v) is 2.85. The van der Waals surface area contributed by atoms with Crippen molar-refractivity contribution < 1.29 is 4.79 Å². The highest BCUT2D eigenvalue weighted by Crippen LogP contribution is 2.31. The number of anilines is 1. The Labute approximate surface area is 129 Å². The summed E-state index contributed by atoms with van der Waals surface area (Å²) in [4.78, 5) is 13.4. The van der Waals surface area contributed by atoms with Gasteiger partial charge in [0.05, 0.1) is 12.5 Å².